The second kappa shape index (κ2) is 11.8. The maximum absolute atomic E-state index is 13.4. The molecule has 0 spiro atoms. The molecule has 210 valence electrons. The van der Waals surface area contributed by atoms with Crippen molar-refractivity contribution in [2.75, 3.05) is 50.0 Å². The zero-order chi connectivity index (χ0) is 28.3. The highest BCUT2D eigenvalue weighted by molar-refractivity contribution is 7.92. The Morgan fingerprint density at radius 2 is 1.75 bits per heavy atom. The number of hydrogen-bond acceptors (Lipinski definition) is 9. The molecule has 4 aromatic rings. The highest BCUT2D eigenvalue weighted by atomic mass is 32.2. The maximum atomic E-state index is 13.4. The zero-order valence-electron chi connectivity index (χ0n) is 22.1. The van der Waals surface area contributed by atoms with Crippen LogP contribution in [0.2, 0.25) is 0 Å². The third kappa shape index (κ3) is 6.33. The number of aromatic nitrogens is 2. The van der Waals surface area contributed by atoms with E-state index in [0.717, 1.165) is 61.3 Å². The minimum absolute atomic E-state index is 0.0602. The maximum Gasteiger partial charge on any atom is 0.333 e. The van der Waals surface area contributed by atoms with Crippen molar-refractivity contribution in [1.82, 2.24) is 19.2 Å². The second-order valence-corrected chi connectivity index (χ2v) is 12.6. The van der Waals surface area contributed by atoms with Crippen LogP contribution in [0.3, 0.4) is 0 Å². The molecule has 40 heavy (non-hydrogen) atoms. The van der Waals surface area contributed by atoms with E-state index >= 15 is 0 Å². The molecular formula is C27H30N6O5S2. The van der Waals surface area contributed by atoms with Crippen LogP contribution < -0.4 is 20.9 Å². The molecule has 11 nitrogen and oxygen atoms in total. The summed E-state index contributed by atoms with van der Waals surface area (Å²) >= 11 is 1.08. The van der Waals surface area contributed by atoms with Crippen molar-refractivity contribution in [2.45, 2.75) is 18.1 Å². The van der Waals surface area contributed by atoms with Gasteiger partial charge >= 0.3 is 6.03 Å². The molecule has 0 unspecified atom stereocenters. The first-order valence-electron chi connectivity index (χ1n) is 12.8. The number of carbonyl (C=O) groups excluding carboxylic acids is 1. The molecular weight excluding hydrogens is 552 g/mol. The monoisotopic (exact) mass is 582 g/mol. The van der Waals surface area contributed by atoms with Crippen LogP contribution in [0, 0.1) is 13.8 Å². The standard InChI is InChI=1S/C27H30N6O5S2/c1-18-3-10-25(39-18)40(36,37)31-27(35)30-20-4-7-22(8-5-20)33-19(2)29-24-17-21(6-9-23(24)26(33)34)28-11-12-32-13-15-38-16-14-32/h3-10,17,28H,11-16H2,1-2H3,(H2,30,31,35). The van der Waals surface area contributed by atoms with E-state index < -0.39 is 16.1 Å². The van der Waals surface area contributed by atoms with Crippen LogP contribution in [-0.4, -0.2) is 68.3 Å². The molecule has 1 saturated heterocycles. The van der Waals surface area contributed by atoms with Crippen molar-refractivity contribution < 1.29 is 17.9 Å². The lowest BCUT2D eigenvalue weighted by Crippen LogP contribution is -2.39. The van der Waals surface area contributed by atoms with E-state index in [1.807, 2.05) is 16.9 Å². The lowest BCUT2D eigenvalue weighted by molar-refractivity contribution is 0.0398. The first-order valence-corrected chi connectivity index (χ1v) is 15.1. The van der Waals surface area contributed by atoms with E-state index in [9.17, 15) is 18.0 Å². The first kappa shape index (κ1) is 27.8. The number of fused-ring (bicyclic) bond motifs is 1. The molecule has 0 radical (unpaired) electrons. The topological polar surface area (TPSA) is 135 Å². The number of anilines is 2. The Kier molecular flexibility index (Phi) is 8.17. The number of morpholine rings is 1. The van der Waals surface area contributed by atoms with Crippen LogP contribution in [0.25, 0.3) is 16.6 Å². The molecule has 5 rings (SSSR count). The number of carbonyl (C=O) groups is 1. The molecule has 1 fully saturated rings. The summed E-state index contributed by atoms with van der Waals surface area (Å²) < 4.78 is 33.7. The fourth-order valence-electron chi connectivity index (χ4n) is 4.47. The molecule has 2 aromatic heterocycles. The second-order valence-electron chi connectivity index (χ2n) is 9.38. The van der Waals surface area contributed by atoms with Gasteiger partial charge in [0.25, 0.3) is 15.6 Å². The van der Waals surface area contributed by atoms with E-state index in [1.165, 1.54) is 10.6 Å². The van der Waals surface area contributed by atoms with Gasteiger partial charge in [-0.2, -0.15) is 0 Å². The number of hydrogen-bond donors (Lipinski definition) is 3. The van der Waals surface area contributed by atoms with Crippen LogP contribution >= 0.6 is 11.3 Å². The number of benzene rings is 2. The Balaban J connectivity index is 1.26. The van der Waals surface area contributed by atoms with E-state index in [0.29, 0.717) is 28.1 Å². The molecule has 2 aromatic carbocycles. The quantitative estimate of drug-likeness (QED) is 0.288. The zero-order valence-corrected chi connectivity index (χ0v) is 23.8. The van der Waals surface area contributed by atoms with Gasteiger partial charge in [0, 0.05) is 42.4 Å². The van der Waals surface area contributed by atoms with Gasteiger partial charge in [-0.05, 0) is 68.4 Å². The van der Waals surface area contributed by atoms with Gasteiger partial charge in [0.15, 0.2) is 0 Å². The van der Waals surface area contributed by atoms with Crippen molar-refractivity contribution in [3.05, 3.63) is 75.7 Å². The van der Waals surface area contributed by atoms with Crippen molar-refractivity contribution in [2.24, 2.45) is 0 Å². The SMILES string of the molecule is Cc1ccc(S(=O)(=O)NC(=O)Nc2ccc(-n3c(C)nc4cc(NCCN5CCOCC5)ccc4c3=O)cc2)s1. The number of thiophene rings is 1. The average Bonchev–Trinajstić information content (AvgIpc) is 3.37. The van der Waals surface area contributed by atoms with Crippen LogP contribution in [-0.2, 0) is 14.8 Å². The molecule has 0 bridgehead atoms. The number of amides is 2. The number of nitrogens with one attached hydrogen (secondary N) is 3. The summed E-state index contributed by atoms with van der Waals surface area (Å²) in [5, 5.41) is 6.41. The summed E-state index contributed by atoms with van der Waals surface area (Å²) in [5.74, 6) is 0.513. The molecule has 3 heterocycles. The van der Waals surface area contributed by atoms with Gasteiger partial charge in [-0.3, -0.25) is 14.3 Å². The third-order valence-corrected chi connectivity index (χ3v) is 9.31. The summed E-state index contributed by atoms with van der Waals surface area (Å²) in [6, 6.07) is 14.3. The van der Waals surface area contributed by atoms with Crippen molar-refractivity contribution in [1.29, 1.82) is 0 Å². The number of rotatable bonds is 8. The van der Waals surface area contributed by atoms with Gasteiger partial charge in [-0.15, -0.1) is 11.3 Å². The highest BCUT2D eigenvalue weighted by Gasteiger charge is 2.19. The first-order chi connectivity index (χ1) is 19.2. The summed E-state index contributed by atoms with van der Waals surface area (Å²) in [7, 11) is -3.96. The summed E-state index contributed by atoms with van der Waals surface area (Å²) in [6.07, 6.45) is 0. The van der Waals surface area contributed by atoms with E-state index in [1.54, 1.807) is 50.2 Å². The fraction of sp³-hybridized carbons (Fsp3) is 0.296. The predicted molar refractivity (Wildman–Crippen MR) is 156 cm³/mol. The summed E-state index contributed by atoms with van der Waals surface area (Å²) in [4.78, 5) is 33.5. The van der Waals surface area contributed by atoms with E-state index in [4.69, 9.17) is 4.74 Å². The molecule has 2 amide bonds. The Bertz CT molecular complexity index is 1690. The Morgan fingerprint density at radius 1 is 1.02 bits per heavy atom. The average molecular weight is 583 g/mol. The number of sulfonamides is 1. The Hall–Kier alpha value is -3.78. The fourth-order valence-corrected chi connectivity index (χ4v) is 6.66. The van der Waals surface area contributed by atoms with E-state index in [-0.39, 0.29) is 9.77 Å². The lowest BCUT2D eigenvalue weighted by Gasteiger charge is -2.26. The van der Waals surface area contributed by atoms with Crippen LogP contribution in [0.15, 0.2) is 63.6 Å². The van der Waals surface area contributed by atoms with E-state index in [2.05, 4.69) is 20.5 Å². The summed E-state index contributed by atoms with van der Waals surface area (Å²) in [6.45, 7) is 8.62. The Morgan fingerprint density at radius 3 is 2.45 bits per heavy atom. The minimum Gasteiger partial charge on any atom is -0.384 e. The van der Waals surface area contributed by atoms with Gasteiger partial charge in [0.05, 0.1) is 29.8 Å². The van der Waals surface area contributed by atoms with Crippen LogP contribution in [0.1, 0.15) is 10.7 Å². The molecule has 0 aliphatic carbocycles. The van der Waals surface area contributed by atoms with Gasteiger partial charge in [0.2, 0.25) is 0 Å². The normalized spacial score (nSPS) is 14.2. The molecule has 1 aliphatic heterocycles. The van der Waals surface area contributed by atoms with Gasteiger partial charge in [0.1, 0.15) is 10.0 Å². The Labute approximate surface area is 235 Å². The van der Waals surface area contributed by atoms with Crippen LogP contribution in [0.5, 0.6) is 0 Å². The van der Waals surface area contributed by atoms with Crippen molar-refractivity contribution in [3.63, 3.8) is 0 Å². The van der Waals surface area contributed by atoms with Gasteiger partial charge in [-0.25, -0.2) is 22.9 Å². The van der Waals surface area contributed by atoms with Crippen molar-refractivity contribution >= 4 is 49.7 Å². The molecule has 3 N–H and O–H groups in total. The largest absolute Gasteiger partial charge is 0.384 e. The van der Waals surface area contributed by atoms with Gasteiger partial charge in [-0.1, -0.05) is 0 Å². The highest BCUT2D eigenvalue weighted by Crippen LogP contribution is 2.21. The molecule has 13 heteroatoms. The van der Waals surface area contributed by atoms with Gasteiger partial charge < -0.3 is 15.4 Å². The minimum atomic E-state index is -3.96. The predicted octanol–water partition coefficient (Wildman–Crippen LogP) is 3.32. The van der Waals surface area contributed by atoms with Crippen LogP contribution in [0.4, 0.5) is 16.2 Å². The lowest BCUT2D eigenvalue weighted by atomic mass is 10.2. The number of urea groups is 1. The number of nitrogens with zero attached hydrogens (tertiary/aromatic N) is 3. The molecule has 0 atom stereocenters. The molecule has 0 saturated carbocycles. The van der Waals surface area contributed by atoms with Crippen molar-refractivity contribution in [3.8, 4) is 5.69 Å². The number of aryl methyl sites for hydroxylation is 2. The summed E-state index contributed by atoms with van der Waals surface area (Å²) in [5.41, 5.74) is 2.23. The number of ether oxygens (including phenoxy) is 1. The third-order valence-electron chi connectivity index (χ3n) is 6.49. The molecule has 1 aliphatic rings. The smallest absolute Gasteiger partial charge is 0.333 e.